The van der Waals surface area contributed by atoms with E-state index in [1.54, 1.807) is 0 Å². The summed E-state index contributed by atoms with van der Waals surface area (Å²) >= 11 is 0. The van der Waals surface area contributed by atoms with Gasteiger partial charge in [-0.2, -0.15) is 22.0 Å². The molecule has 0 radical (unpaired) electrons. The van der Waals surface area contributed by atoms with Crippen molar-refractivity contribution in [2.45, 2.75) is 96.1 Å². The van der Waals surface area contributed by atoms with Crippen molar-refractivity contribution in [2.24, 2.45) is 0 Å². The van der Waals surface area contributed by atoms with Gasteiger partial charge in [-0.15, -0.1) is 0 Å². The minimum Gasteiger partial charge on any atom is -0.466 e. The maximum atomic E-state index is 13.1. The molecule has 0 bridgehead atoms. The van der Waals surface area contributed by atoms with Crippen LogP contribution in [0.4, 0.5) is 22.0 Å². The second-order valence-corrected chi connectivity index (χ2v) is 6.57. The molecule has 0 aliphatic carbocycles. The first kappa shape index (κ1) is 24.9. The van der Waals surface area contributed by atoms with Crippen LogP contribution < -0.4 is 0 Å². The van der Waals surface area contributed by atoms with Crippen molar-refractivity contribution in [1.82, 2.24) is 0 Å². The number of carbonyl (C=O) groups is 1. The number of rotatable bonds is 14. The Bertz CT molecular complexity index is 417. The van der Waals surface area contributed by atoms with Gasteiger partial charge in [-0.05, 0) is 12.8 Å². The topological polar surface area (TPSA) is 26.3 Å². The summed E-state index contributed by atoms with van der Waals surface area (Å²) in [5, 5.41) is 0. The van der Waals surface area contributed by atoms with E-state index in [2.05, 4.69) is 11.7 Å². The van der Waals surface area contributed by atoms with Crippen LogP contribution in [0.25, 0.3) is 0 Å². The van der Waals surface area contributed by atoms with Crippen molar-refractivity contribution in [2.75, 3.05) is 7.11 Å². The molecule has 0 unspecified atom stereocenters. The summed E-state index contributed by atoms with van der Waals surface area (Å²) in [5.41, 5.74) is -0.620. The van der Waals surface area contributed by atoms with Crippen molar-refractivity contribution in [1.29, 1.82) is 0 Å². The van der Waals surface area contributed by atoms with Gasteiger partial charge in [0.25, 0.3) is 0 Å². The Morgan fingerprint density at radius 1 is 0.808 bits per heavy atom. The third-order valence-corrected chi connectivity index (χ3v) is 4.23. The lowest BCUT2D eigenvalue weighted by molar-refractivity contribution is -0.259. The number of allylic oxidation sites excluding steroid dienone is 1. The lowest BCUT2D eigenvalue weighted by Crippen LogP contribution is -2.35. The van der Waals surface area contributed by atoms with Gasteiger partial charge in [0, 0.05) is 11.6 Å². The van der Waals surface area contributed by atoms with Crippen LogP contribution in [0.5, 0.6) is 0 Å². The molecule has 0 fully saturated rings. The number of esters is 1. The van der Waals surface area contributed by atoms with Crippen LogP contribution >= 0.6 is 0 Å². The minimum atomic E-state index is -5.72. The maximum Gasteiger partial charge on any atom is 0.457 e. The van der Waals surface area contributed by atoms with Crippen molar-refractivity contribution >= 4 is 5.97 Å². The Kier molecular flexibility index (Phi) is 12.5. The zero-order chi connectivity index (χ0) is 20.1. The predicted molar refractivity (Wildman–Crippen MR) is 92.2 cm³/mol. The Balaban J connectivity index is 4.13. The first-order chi connectivity index (χ1) is 12.2. The van der Waals surface area contributed by atoms with Gasteiger partial charge >= 0.3 is 18.1 Å². The monoisotopic (exact) mass is 386 g/mol. The molecule has 0 aliphatic heterocycles. The molecular formula is C19H31F5O2. The molecule has 0 aliphatic rings. The Morgan fingerprint density at radius 2 is 1.23 bits per heavy atom. The van der Waals surface area contributed by atoms with Gasteiger partial charge in [0.2, 0.25) is 0 Å². The highest BCUT2D eigenvalue weighted by Crippen LogP contribution is 2.37. The third kappa shape index (κ3) is 10.8. The first-order valence-corrected chi connectivity index (χ1v) is 9.40. The molecule has 0 N–H and O–H groups in total. The Morgan fingerprint density at radius 3 is 1.62 bits per heavy atom. The van der Waals surface area contributed by atoms with E-state index in [1.807, 2.05) is 0 Å². The zero-order valence-electron chi connectivity index (χ0n) is 15.8. The Labute approximate surface area is 153 Å². The molecule has 0 aromatic carbocycles. The number of hydrogen-bond donors (Lipinski definition) is 0. The van der Waals surface area contributed by atoms with Gasteiger partial charge in [0.1, 0.15) is 0 Å². The molecule has 2 nitrogen and oxygen atoms in total. The first-order valence-electron chi connectivity index (χ1n) is 9.40. The lowest BCUT2D eigenvalue weighted by atomic mass is 10.0. The summed E-state index contributed by atoms with van der Waals surface area (Å²) < 4.78 is 67.3. The normalized spacial score (nSPS) is 13.1. The molecule has 26 heavy (non-hydrogen) atoms. The predicted octanol–water partition coefficient (Wildman–Crippen LogP) is 6.98. The summed E-state index contributed by atoms with van der Waals surface area (Å²) in [6.07, 6.45) is 5.23. The molecule has 0 spiro atoms. The summed E-state index contributed by atoms with van der Waals surface area (Å²) in [6, 6.07) is 0. The van der Waals surface area contributed by atoms with E-state index in [1.165, 1.54) is 32.1 Å². The lowest BCUT2D eigenvalue weighted by Gasteiger charge is -2.17. The summed E-state index contributed by atoms with van der Waals surface area (Å²) in [5.74, 6) is -6.17. The fourth-order valence-electron chi connectivity index (χ4n) is 2.64. The summed E-state index contributed by atoms with van der Waals surface area (Å²) in [7, 11) is 0.961. The van der Waals surface area contributed by atoms with E-state index in [0.29, 0.717) is 12.8 Å². The molecule has 0 aromatic heterocycles. The van der Waals surface area contributed by atoms with Crippen molar-refractivity contribution in [3.8, 4) is 0 Å². The standard InChI is InChI=1S/C19H31F5O2/c1-3-4-5-6-7-8-9-10-11-12-13-14-16(17(25)26-2)15-18(20,21)19(22,23)24/h15H,3-14H2,1-2H3. The van der Waals surface area contributed by atoms with Crippen molar-refractivity contribution < 1.29 is 31.5 Å². The number of hydrogen-bond acceptors (Lipinski definition) is 2. The molecule has 0 amide bonds. The number of halogens is 5. The molecule has 0 heterocycles. The second kappa shape index (κ2) is 13.1. The van der Waals surface area contributed by atoms with Crippen LogP contribution in [0.1, 0.15) is 84.0 Å². The van der Waals surface area contributed by atoms with Crippen LogP contribution in [-0.2, 0) is 9.53 Å². The van der Waals surface area contributed by atoms with Gasteiger partial charge in [-0.25, -0.2) is 4.79 Å². The van der Waals surface area contributed by atoms with Crippen LogP contribution in [0, 0.1) is 0 Å². The molecule has 0 rings (SSSR count). The van der Waals surface area contributed by atoms with Crippen LogP contribution in [0.15, 0.2) is 11.6 Å². The number of alkyl halides is 5. The smallest absolute Gasteiger partial charge is 0.457 e. The quantitative estimate of drug-likeness (QED) is 0.139. The summed E-state index contributed by atoms with van der Waals surface area (Å²) in [6.45, 7) is 2.17. The average molecular weight is 386 g/mol. The molecule has 7 heteroatoms. The molecule has 154 valence electrons. The SMILES string of the molecule is CCCCCCCCCCCCCC(=CC(F)(F)C(F)(F)F)C(=O)OC. The van der Waals surface area contributed by atoms with Crippen LogP contribution in [-0.4, -0.2) is 25.2 Å². The van der Waals surface area contributed by atoms with Gasteiger partial charge in [0.15, 0.2) is 0 Å². The zero-order valence-corrected chi connectivity index (χ0v) is 15.8. The number of carbonyl (C=O) groups excluding carboxylic acids is 1. The largest absolute Gasteiger partial charge is 0.466 e. The highest BCUT2D eigenvalue weighted by atomic mass is 19.4. The van der Waals surface area contributed by atoms with Crippen LogP contribution in [0.3, 0.4) is 0 Å². The molecular weight excluding hydrogens is 355 g/mol. The molecule has 0 saturated carbocycles. The number of ether oxygens (including phenoxy) is 1. The van der Waals surface area contributed by atoms with E-state index in [0.717, 1.165) is 32.8 Å². The van der Waals surface area contributed by atoms with Gasteiger partial charge in [0.05, 0.1) is 7.11 Å². The number of unbranched alkanes of at least 4 members (excludes halogenated alkanes) is 10. The van der Waals surface area contributed by atoms with E-state index in [-0.39, 0.29) is 12.5 Å². The van der Waals surface area contributed by atoms with E-state index in [9.17, 15) is 26.7 Å². The van der Waals surface area contributed by atoms with Gasteiger partial charge in [-0.3, -0.25) is 0 Å². The van der Waals surface area contributed by atoms with Gasteiger partial charge < -0.3 is 4.74 Å². The van der Waals surface area contributed by atoms with Gasteiger partial charge in [-0.1, -0.05) is 71.1 Å². The fourth-order valence-corrected chi connectivity index (χ4v) is 2.64. The van der Waals surface area contributed by atoms with E-state index in [4.69, 9.17) is 0 Å². The maximum absolute atomic E-state index is 13.1. The van der Waals surface area contributed by atoms with Crippen molar-refractivity contribution in [3.05, 3.63) is 11.6 Å². The van der Waals surface area contributed by atoms with E-state index >= 15 is 0 Å². The molecule has 0 aromatic rings. The van der Waals surface area contributed by atoms with E-state index < -0.39 is 23.6 Å². The minimum absolute atomic E-state index is 0.143. The van der Waals surface area contributed by atoms with Crippen LogP contribution in [0.2, 0.25) is 0 Å². The second-order valence-electron chi connectivity index (χ2n) is 6.57. The fraction of sp³-hybridized carbons (Fsp3) is 0.842. The third-order valence-electron chi connectivity index (χ3n) is 4.23. The summed E-state index contributed by atoms with van der Waals surface area (Å²) in [4.78, 5) is 11.4. The Hall–Kier alpha value is -1.14. The number of methoxy groups -OCH3 is 1. The molecule has 0 atom stereocenters. The molecule has 0 saturated heterocycles. The highest BCUT2D eigenvalue weighted by molar-refractivity contribution is 5.88. The highest BCUT2D eigenvalue weighted by Gasteiger charge is 2.56. The van der Waals surface area contributed by atoms with Crippen molar-refractivity contribution in [3.63, 3.8) is 0 Å². The average Bonchev–Trinajstić information content (AvgIpc) is 2.56.